The van der Waals surface area contributed by atoms with Crippen molar-refractivity contribution in [2.24, 2.45) is 0 Å². The van der Waals surface area contributed by atoms with Gasteiger partial charge in [-0.1, -0.05) is 109 Å². The predicted octanol–water partition coefficient (Wildman–Crippen LogP) is 11.7. The van der Waals surface area contributed by atoms with E-state index in [9.17, 15) is 0 Å². The van der Waals surface area contributed by atoms with Gasteiger partial charge in [-0.15, -0.1) is 0 Å². The van der Waals surface area contributed by atoms with E-state index in [2.05, 4.69) is 132 Å². The third-order valence-electron chi connectivity index (χ3n) is 8.14. The topological polar surface area (TPSA) is 30.9 Å². The lowest BCUT2D eigenvalue weighted by Gasteiger charge is -2.26. The Hall–Kier alpha value is -6.26. The minimum Gasteiger partial charge on any atom is -0.497 e. The fourth-order valence-electron chi connectivity index (χ4n) is 5.46. The molecule has 4 nitrogen and oxygen atoms in total. The molecule has 6 aromatic carbocycles. The van der Waals surface area contributed by atoms with E-state index < -0.39 is 0 Å². The SMILES string of the molecule is COc1cccc(C=Cc2ccc(N(c3ccc(C=Cc4cccc(OC)c4)cc3)c3ccc(C=Cc4cccc(OC)c4)cc3)cc2)c1. The number of hydrogen-bond acceptors (Lipinski definition) is 4. The molecule has 0 aliphatic carbocycles. The molecule has 0 radical (unpaired) electrons. The molecule has 0 amide bonds. The van der Waals surface area contributed by atoms with Gasteiger partial charge in [-0.3, -0.25) is 0 Å². The van der Waals surface area contributed by atoms with Gasteiger partial charge in [0, 0.05) is 17.1 Å². The van der Waals surface area contributed by atoms with Gasteiger partial charge in [0.15, 0.2) is 0 Å². The van der Waals surface area contributed by atoms with Gasteiger partial charge in [-0.05, 0) is 106 Å². The van der Waals surface area contributed by atoms with E-state index in [-0.39, 0.29) is 0 Å². The molecule has 242 valence electrons. The van der Waals surface area contributed by atoms with Crippen LogP contribution in [0.15, 0.2) is 146 Å². The van der Waals surface area contributed by atoms with E-state index in [1.807, 2.05) is 54.6 Å². The fraction of sp³-hybridized carbons (Fsp3) is 0.0667. The monoisotopic (exact) mass is 641 g/mol. The molecule has 0 aliphatic heterocycles. The second-order valence-corrected chi connectivity index (χ2v) is 11.4. The highest BCUT2D eigenvalue weighted by molar-refractivity contribution is 5.80. The van der Waals surface area contributed by atoms with E-state index in [1.54, 1.807) is 21.3 Å². The van der Waals surface area contributed by atoms with Crippen molar-refractivity contribution in [2.75, 3.05) is 26.2 Å². The molecule has 0 saturated heterocycles. The molecule has 0 spiro atoms. The van der Waals surface area contributed by atoms with Crippen molar-refractivity contribution in [3.63, 3.8) is 0 Å². The summed E-state index contributed by atoms with van der Waals surface area (Å²) >= 11 is 0. The second kappa shape index (κ2) is 16.0. The van der Waals surface area contributed by atoms with Crippen LogP contribution in [0.3, 0.4) is 0 Å². The molecule has 0 saturated carbocycles. The van der Waals surface area contributed by atoms with E-state index in [0.717, 1.165) is 67.7 Å². The number of methoxy groups -OCH3 is 3. The first kappa shape index (κ1) is 32.7. The molecule has 0 unspecified atom stereocenters. The molecule has 0 N–H and O–H groups in total. The van der Waals surface area contributed by atoms with Crippen LogP contribution < -0.4 is 19.1 Å². The molecule has 4 heteroatoms. The van der Waals surface area contributed by atoms with Gasteiger partial charge in [-0.2, -0.15) is 0 Å². The maximum Gasteiger partial charge on any atom is 0.119 e. The van der Waals surface area contributed by atoms with Gasteiger partial charge < -0.3 is 19.1 Å². The second-order valence-electron chi connectivity index (χ2n) is 11.4. The lowest BCUT2D eigenvalue weighted by molar-refractivity contribution is 0.414. The third-order valence-corrected chi connectivity index (χ3v) is 8.14. The lowest BCUT2D eigenvalue weighted by atomic mass is 10.1. The van der Waals surface area contributed by atoms with Crippen LogP contribution in [0.5, 0.6) is 17.2 Å². The van der Waals surface area contributed by atoms with Crippen molar-refractivity contribution in [1.29, 1.82) is 0 Å². The maximum atomic E-state index is 5.38. The Balaban J connectivity index is 1.27. The Morgan fingerprint density at radius 2 is 0.592 bits per heavy atom. The highest BCUT2D eigenvalue weighted by Gasteiger charge is 2.12. The summed E-state index contributed by atoms with van der Waals surface area (Å²) in [6, 6.07) is 50.0. The predicted molar refractivity (Wildman–Crippen MR) is 207 cm³/mol. The molecule has 6 rings (SSSR count). The molecule has 0 atom stereocenters. The summed E-state index contributed by atoms with van der Waals surface area (Å²) in [5.74, 6) is 2.53. The summed E-state index contributed by atoms with van der Waals surface area (Å²) in [4.78, 5) is 2.28. The van der Waals surface area contributed by atoms with E-state index >= 15 is 0 Å². The van der Waals surface area contributed by atoms with Crippen molar-refractivity contribution in [3.05, 3.63) is 179 Å². The van der Waals surface area contributed by atoms with Gasteiger partial charge in [0.05, 0.1) is 21.3 Å². The number of rotatable bonds is 12. The largest absolute Gasteiger partial charge is 0.497 e. The van der Waals surface area contributed by atoms with Crippen LogP contribution in [0.1, 0.15) is 33.4 Å². The number of ether oxygens (including phenoxy) is 3. The normalized spacial score (nSPS) is 11.3. The molecule has 0 aromatic heterocycles. The summed E-state index contributed by atoms with van der Waals surface area (Å²) in [5, 5.41) is 0. The Bertz CT molecular complexity index is 1820. The Morgan fingerprint density at radius 3 is 0.857 bits per heavy atom. The summed E-state index contributed by atoms with van der Waals surface area (Å²) < 4.78 is 16.1. The minimum absolute atomic E-state index is 0.844. The Morgan fingerprint density at radius 1 is 0.327 bits per heavy atom. The van der Waals surface area contributed by atoms with Gasteiger partial charge in [-0.25, -0.2) is 0 Å². The fourth-order valence-corrected chi connectivity index (χ4v) is 5.46. The van der Waals surface area contributed by atoms with Crippen LogP contribution in [0, 0.1) is 0 Å². The van der Waals surface area contributed by atoms with Gasteiger partial charge in [0.1, 0.15) is 17.2 Å². The number of hydrogen-bond donors (Lipinski definition) is 0. The molecule has 0 heterocycles. The summed E-state index contributed by atoms with van der Waals surface area (Å²) in [7, 11) is 5.06. The van der Waals surface area contributed by atoms with Crippen molar-refractivity contribution >= 4 is 53.5 Å². The Kier molecular flexibility index (Phi) is 10.7. The van der Waals surface area contributed by atoms with Crippen LogP contribution in [0.25, 0.3) is 36.5 Å². The summed E-state index contributed by atoms with van der Waals surface area (Å²) in [6.45, 7) is 0. The highest BCUT2D eigenvalue weighted by atomic mass is 16.5. The lowest BCUT2D eigenvalue weighted by Crippen LogP contribution is -2.09. The van der Waals surface area contributed by atoms with Gasteiger partial charge in [0.2, 0.25) is 0 Å². The third kappa shape index (κ3) is 8.76. The van der Waals surface area contributed by atoms with Crippen LogP contribution in [0.2, 0.25) is 0 Å². The van der Waals surface area contributed by atoms with Crippen molar-refractivity contribution < 1.29 is 14.2 Å². The number of benzene rings is 6. The highest BCUT2D eigenvalue weighted by Crippen LogP contribution is 2.35. The van der Waals surface area contributed by atoms with Crippen molar-refractivity contribution in [2.45, 2.75) is 0 Å². The van der Waals surface area contributed by atoms with Gasteiger partial charge in [0.25, 0.3) is 0 Å². The summed E-state index contributed by atoms with van der Waals surface area (Å²) in [5.41, 5.74) is 9.81. The average Bonchev–Trinajstić information content (AvgIpc) is 3.17. The molecule has 0 bridgehead atoms. The maximum absolute atomic E-state index is 5.38. The molecule has 6 aromatic rings. The standard InChI is InChI=1S/C45H39NO3/c1-47-43-10-4-7-37(31-43)16-13-34-19-25-40(26-20-34)46(41-27-21-35(22-28-41)14-17-38-8-5-11-44(32-38)48-2)42-29-23-36(24-30-42)15-18-39-9-6-12-45(33-39)49-3/h4-33H,1-3H3. The van der Waals surface area contributed by atoms with Crippen LogP contribution >= 0.6 is 0 Å². The first-order valence-corrected chi connectivity index (χ1v) is 16.2. The number of anilines is 3. The van der Waals surface area contributed by atoms with Crippen LogP contribution in [-0.2, 0) is 0 Å². The summed E-state index contributed by atoms with van der Waals surface area (Å²) in [6.07, 6.45) is 12.7. The first-order chi connectivity index (χ1) is 24.1. The molecule has 0 fully saturated rings. The Labute approximate surface area is 289 Å². The molecule has 0 aliphatic rings. The zero-order chi connectivity index (χ0) is 33.8. The first-order valence-electron chi connectivity index (χ1n) is 16.2. The van der Waals surface area contributed by atoms with E-state index in [4.69, 9.17) is 14.2 Å². The minimum atomic E-state index is 0.844. The molecular weight excluding hydrogens is 602 g/mol. The van der Waals surface area contributed by atoms with E-state index in [0.29, 0.717) is 0 Å². The van der Waals surface area contributed by atoms with Crippen molar-refractivity contribution in [1.82, 2.24) is 0 Å². The zero-order valence-electron chi connectivity index (χ0n) is 28.0. The smallest absolute Gasteiger partial charge is 0.119 e. The van der Waals surface area contributed by atoms with Crippen molar-refractivity contribution in [3.8, 4) is 17.2 Å². The molecular formula is C45H39NO3. The zero-order valence-corrected chi connectivity index (χ0v) is 28.0. The van der Waals surface area contributed by atoms with Gasteiger partial charge >= 0.3 is 0 Å². The van der Waals surface area contributed by atoms with E-state index in [1.165, 1.54) is 0 Å². The number of nitrogens with zero attached hydrogens (tertiary/aromatic N) is 1. The average molecular weight is 642 g/mol. The molecule has 49 heavy (non-hydrogen) atoms. The van der Waals surface area contributed by atoms with Crippen LogP contribution in [-0.4, -0.2) is 21.3 Å². The van der Waals surface area contributed by atoms with Crippen LogP contribution in [0.4, 0.5) is 17.1 Å². The quantitative estimate of drug-likeness (QED) is 0.124.